The number of nitrogens with one attached hydrogen (secondary N) is 2. The molecule has 1 aromatic rings. The Kier molecular flexibility index (Phi) is 3.51. The van der Waals surface area contributed by atoms with Gasteiger partial charge >= 0.3 is 16.3 Å². The van der Waals surface area contributed by atoms with Crippen LogP contribution in [0.1, 0.15) is 0 Å². The van der Waals surface area contributed by atoms with E-state index in [0.29, 0.717) is 0 Å². The van der Waals surface area contributed by atoms with E-state index in [1.54, 1.807) is 4.72 Å². The Bertz CT molecular complexity index is 470. The maximum atomic E-state index is 11.3. The maximum absolute atomic E-state index is 11.3. The summed E-state index contributed by atoms with van der Waals surface area (Å²) in [6.07, 6.45) is 0.127. The van der Waals surface area contributed by atoms with Gasteiger partial charge in [0.25, 0.3) is 0 Å². The third kappa shape index (κ3) is 3.61. The number of anilines is 2. The van der Waals surface area contributed by atoms with Crippen molar-refractivity contribution in [2.75, 3.05) is 17.6 Å². The largest absolute Gasteiger partial charge is 0.452 e. The minimum Gasteiger partial charge on any atom is -0.452 e. The van der Waals surface area contributed by atoms with Crippen molar-refractivity contribution in [1.29, 1.82) is 0 Å². The van der Waals surface area contributed by atoms with E-state index in [4.69, 9.17) is 5.73 Å². The zero-order valence-corrected chi connectivity index (χ0v) is 9.11. The molecule has 0 bridgehead atoms. The number of nitrogens with two attached hydrogens (primary N) is 1. The van der Waals surface area contributed by atoms with Crippen LogP contribution >= 0.6 is 0 Å². The SMILES string of the molecule is COC(=O)NS(=O)(=O)Nc1ccc(N)nc1. The van der Waals surface area contributed by atoms with Crippen molar-refractivity contribution in [2.45, 2.75) is 0 Å². The number of carbonyl (C=O) groups is 1. The minimum atomic E-state index is -4.01. The number of carbonyl (C=O) groups excluding carboxylic acids is 1. The highest BCUT2D eigenvalue weighted by Crippen LogP contribution is 2.08. The zero-order chi connectivity index (χ0) is 12.2. The van der Waals surface area contributed by atoms with Gasteiger partial charge in [-0.25, -0.2) is 14.5 Å². The maximum Gasteiger partial charge on any atom is 0.422 e. The van der Waals surface area contributed by atoms with E-state index in [9.17, 15) is 13.2 Å². The molecule has 9 heteroatoms. The summed E-state index contributed by atoms with van der Waals surface area (Å²) in [6.45, 7) is 0. The van der Waals surface area contributed by atoms with Crippen LogP contribution in [0.25, 0.3) is 0 Å². The van der Waals surface area contributed by atoms with Gasteiger partial charge in [-0.2, -0.15) is 8.42 Å². The van der Waals surface area contributed by atoms with Crippen LogP contribution in [0, 0.1) is 0 Å². The first-order valence-corrected chi connectivity index (χ1v) is 5.51. The van der Waals surface area contributed by atoms with Crippen molar-refractivity contribution in [3.63, 3.8) is 0 Å². The van der Waals surface area contributed by atoms with Crippen molar-refractivity contribution < 1.29 is 17.9 Å². The van der Waals surface area contributed by atoms with Gasteiger partial charge in [-0.05, 0) is 12.1 Å². The van der Waals surface area contributed by atoms with E-state index in [-0.39, 0.29) is 11.5 Å². The summed E-state index contributed by atoms with van der Waals surface area (Å²) in [7, 11) is -2.96. The van der Waals surface area contributed by atoms with Gasteiger partial charge in [-0.1, -0.05) is 0 Å². The highest BCUT2D eigenvalue weighted by atomic mass is 32.2. The molecule has 0 radical (unpaired) electrons. The number of aromatic nitrogens is 1. The lowest BCUT2D eigenvalue weighted by atomic mass is 10.4. The Balaban J connectivity index is 2.73. The monoisotopic (exact) mass is 246 g/mol. The summed E-state index contributed by atoms with van der Waals surface area (Å²) in [5.74, 6) is 0.254. The number of methoxy groups -OCH3 is 1. The van der Waals surface area contributed by atoms with Crippen LogP contribution in [0.3, 0.4) is 0 Å². The Morgan fingerprint density at radius 2 is 2.19 bits per heavy atom. The van der Waals surface area contributed by atoms with E-state index < -0.39 is 16.3 Å². The lowest BCUT2D eigenvalue weighted by Crippen LogP contribution is -2.35. The molecule has 4 N–H and O–H groups in total. The predicted octanol–water partition coefficient (Wildman–Crippen LogP) is -0.324. The molecule has 1 heterocycles. The van der Waals surface area contributed by atoms with Gasteiger partial charge in [-0.15, -0.1) is 0 Å². The van der Waals surface area contributed by atoms with Gasteiger partial charge in [-0.3, -0.25) is 4.72 Å². The minimum absolute atomic E-state index is 0.172. The van der Waals surface area contributed by atoms with Gasteiger partial charge in [0.15, 0.2) is 0 Å². The Morgan fingerprint density at radius 3 is 2.69 bits per heavy atom. The Hall–Kier alpha value is -2.03. The third-order valence-corrected chi connectivity index (χ3v) is 2.38. The summed E-state index contributed by atoms with van der Waals surface area (Å²) >= 11 is 0. The van der Waals surface area contributed by atoms with Crippen molar-refractivity contribution in [2.24, 2.45) is 0 Å². The molecule has 0 fully saturated rings. The van der Waals surface area contributed by atoms with Crippen LogP contribution in [-0.4, -0.2) is 26.6 Å². The summed E-state index contributed by atoms with van der Waals surface area (Å²) in [5.41, 5.74) is 5.49. The molecule has 0 saturated carbocycles. The van der Waals surface area contributed by atoms with Gasteiger partial charge in [0.05, 0.1) is 19.0 Å². The van der Waals surface area contributed by atoms with E-state index in [0.717, 1.165) is 7.11 Å². The van der Waals surface area contributed by atoms with E-state index in [1.165, 1.54) is 18.3 Å². The smallest absolute Gasteiger partial charge is 0.422 e. The molecule has 1 amide bonds. The number of nitrogens with zero attached hydrogens (tertiary/aromatic N) is 1. The fraction of sp³-hybridized carbons (Fsp3) is 0.143. The molecule has 1 aromatic heterocycles. The molecule has 0 unspecified atom stereocenters. The molecule has 0 aliphatic rings. The average Bonchev–Trinajstić information content (AvgIpc) is 2.20. The van der Waals surface area contributed by atoms with Crippen LogP contribution in [-0.2, 0) is 14.9 Å². The first-order valence-electron chi connectivity index (χ1n) is 4.03. The van der Waals surface area contributed by atoms with E-state index in [1.807, 2.05) is 0 Å². The number of amides is 1. The molecule has 0 spiro atoms. The third-order valence-electron chi connectivity index (χ3n) is 1.44. The molecule has 16 heavy (non-hydrogen) atoms. The second-order valence-electron chi connectivity index (χ2n) is 2.67. The van der Waals surface area contributed by atoms with Crippen molar-refractivity contribution in [3.8, 4) is 0 Å². The summed E-state index contributed by atoms with van der Waals surface area (Å²) in [6, 6.07) is 2.81. The average molecular weight is 246 g/mol. The molecular formula is C7H10N4O4S. The highest BCUT2D eigenvalue weighted by Gasteiger charge is 2.14. The van der Waals surface area contributed by atoms with Crippen LogP contribution in [0.2, 0.25) is 0 Å². The first kappa shape index (κ1) is 12.0. The Morgan fingerprint density at radius 1 is 1.50 bits per heavy atom. The van der Waals surface area contributed by atoms with Crippen LogP contribution in [0.4, 0.5) is 16.3 Å². The molecule has 0 aliphatic carbocycles. The van der Waals surface area contributed by atoms with Gasteiger partial charge in [0, 0.05) is 0 Å². The second kappa shape index (κ2) is 4.66. The predicted molar refractivity (Wildman–Crippen MR) is 56.7 cm³/mol. The first-order chi connectivity index (χ1) is 7.43. The molecule has 0 aliphatic heterocycles. The van der Waals surface area contributed by atoms with E-state index in [2.05, 4.69) is 14.4 Å². The fourth-order valence-electron chi connectivity index (χ4n) is 0.798. The summed E-state index contributed by atoms with van der Waals surface area (Å²) < 4.78 is 30.3. The fourth-order valence-corrected chi connectivity index (χ4v) is 1.58. The number of ether oxygens (including phenoxy) is 1. The lowest BCUT2D eigenvalue weighted by molar-refractivity contribution is 0.177. The van der Waals surface area contributed by atoms with Gasteiger partial charge in [0.2, 0.25) is 0 Å². The molecule has 0 aromatic carbocycles. The van der Waals surface area contributed by atoms with Crippen molar-refractivity contribution in [3.05, 3.63) is 18.3 Å². The van der Waals surface area contributed by atoms with Gasteiger partial charge < -0.3 is 10.5 Å². The molecule has 0 atom stereocenters. The Labute approximate surface area is 92.0 Å². The quantitative estimate of drug-likeness (QED) is 0.671. The molecule has 88 valence electrons. The highest BCUT2D eigenvalue weighted by molar-refractivity contribution is 7.91. The number of pyridine rings is 1. The van der Waals surface area contributed by atoms with Crippen LogP contribution in [0.5, 0.6) is 0 Å². The number of hydrogen-bond acceptors (Lipinski definition) is 6. The normalized spacial score (nSPS) is 10.6. The standard InChI is InChI=1S/C7H10N4O4S/c1-15-7(12)11-16(13,14)10-5-2-3-6(8)9-4-5/h2-4,10H,1H3,(H2,8,9)(H,11,12). The summed E-state index contributed by atoms with van der Waals surface area (Å²) in [5, 5.41) is 0. The van der Waals surface area contributed by atoms with E-state index >= 15 is 0 Å². The van der Waals surface area contributed by atoms with Crippen LogP contribution < -0.4 is 15.2 Å². The number of nitrogen functional groups attached to an aromatic ring is 1. The topological polar surface area (TPSA) is 123 Å². The van der Waals surface area contributed by atoms with Crippen molar-refractivity contribution in [1.82, 2.24) is 9.71 Å². The zero-order valence-electron chi connectivity index (χ0n) is 8.30. The molecule has 1 rings (SSSR count). The van der Waals surface area contributed by atoms with Crippen molar-refractivity contribution >= 4 is 27.8 Å². The molecule has 8 nitrogen and oxygen atoms in total. The molecule has 0 saturated heterocycles. The van der Waals surface area contributed by atoms with Crippen LogP contribution in [0.15, 0.2) is 18.3 Å². The van der Waals surface area contributed by atoms with Gasteiger partial charge in [0.1, 0.15) is 5.82 Å². The molecular weight excluding hydrogens is 236 g/mol. The number of rotatable bonds is 3. The second-order valence-corrected chi connectivity index (χ2v) is 4.09. The lowest BCUT2D eigenvalue weighted by Gasteiger charge is -2.07. The number of hydrogen-bond donors (Lipinski definition) is 3. The summed E-state index contributed by atoms with van der Waals surface area (Å²) in [4.78, 5) is 14.4.